The highest BCUT2D eigenvalue weighted by atomic mass is 35.5. The van der Waals surface area contributed by atoms with Crippen LogP contribution in [0.1, 0.15) is 29.5 Å². The van der Waals surface area contributed by atoms with Crippen LogP contribution < -0.4 is 10.1 Å². The van der Waals surface area contributed by atoms with Gasteiger partial charge in [0.25, 0.3) is 0 Å². The molecule has 2 nitrogen and oxygen atoms in total. The van der Waals surface area contributed by atoms with E-state index in [1.807, 2.05) is 30.0 Å². The van der Waals surface area contributed by atoms with E-state index in [1.165, 1.54) is 29.3 Å². The Morgan fingerprint density at radius 3 is 2.74 bits per heavy atom. The van der Waals surface area contributed by atoms with E-state index < -0.39 is 0 Å². The summed E-state index contributed by atoms with van der Waals surface area (Å²) < 4.78 is 33.3. The lowest BCUT2D eigenvalue weighted by atomic mass is 9.79. The van der Waals surface area contributed by atoms with Crippen LogP contribution in [-0.4, -0.2) is 12.6 Å². The number of halogens is 3. The lowest BCUT2D eigenvalue weighted by Crippen LogP contribution is -2.41. The molecule has 2 atom stereocenters. The summed E-state index contributed by atoms with van der Waals surface area (Å²) in [5.74, 6) is 0.133. The molecule has 1 saturated heterocycles. The van der Waals surface area contributed by atoms with Gasteiger partial charge < -0.3 is 10.1 Å². The molecule has 1 N–H and O–H groups in total. The summed E-state index contributed by atoms with van der Waals surface area (Å²) in [5.41, 5.74) is 2.93. The fourth-order valence-corrected chi connectivity index (χ4v) is 6.49. The second-order valence-corrected chi connectivity index (χ2v) is 9.86. The molecule has 3 aromatic rings. The maximum Gasteiger partial charge on any atom is 0.131 e. The first-order chi connectivity index (χ1) is 15.0. The number of ether oxygens (including phenoxy) is 1. The maximum atomic E-state index is 14.1. The van der Waals surface area contributed by atoms with Gasteiger partial charge in [-0.2, -0.15) is 0 Å². The number of rotatable bonds is 5. The molecule has 0 aromatic heterocycles. The molecular formula is C25H22ClF2NOS. The Balaban J connectivity index is 1.42. The van der Waals surface area contributed by atoms with E-state index in [1.54, 1.807) is 12.1 Å². The molecule has 0 radical (unpaired) electrons. The van der Waals surface area contributed by atoms with Crippen LogP contribution in [0.15, 0.2) is 65.6 Å². The second kappa shape index (κ2) is 8.45. The van der Waals surface area contributed by atoms with Crippen molar-refractivity contribution in [1.82, 2.24) is 5.32 Å². The van der Waals surface area contributed by atoms with Crippen molar-refractivity contribution in [3.63, 3.8) is 0 Å². The van der Waals surface area contributed by atoms with E-state index >= 15 is 0 Å². The number of aryl methyl sites for hydroxylation is 1. The monoisotopic (exact) mass is 457 g/mol. The van der Waals surface area contributed by atoms with Gasteiger partial charge in [-0.25, -0.2) is 8.78 Å². The van der Waals surface area contributed by atoms with Gasteiger partial charge in [0.05, 0.1) is 9.77 Å². The molecule has 1 heterocycles. The summed E-state index contributed by atoms with van der Waals surface area (Å²) >= 11 is 7.94. The van der Waals surface area contributed by atoms with Crippen molar-refractivity contribution in [3.8, 4) is 5.75 Å². The Morgan fingerprint density at radius 2 is 1.94 bits per heavy atom. The van der Waals surface area contributed by atoms with E-state index in [4.69, 9.17) is 16.3 Å². The molecule has 160 valence electrons. The van der Waals surface area contributed by atoms with E-state index in [2.05, 4.69) is 17.4 Å². The number of hydrogen-bond donors (Lipinski definition) is 1. The predicted octanol–water partition coefficient (Wildman–Crippen LogP) is 6.49. The van der Waals surface area contributed by atoms with Crippen molar-refractivity contribution in [3.05, 3.63) is 94.0 Å². The van der Waals surface area contributed by atoms with Gasteiger partial charge in [0.2, 0.25) is 0 Å². The molecular weight excluding hydrogens is 436 g/mol. The smallest absolute Gasteiger partial charge is 0.131 e. The lowest BCUT2D eigenvalue weighted by Gasteiger charge is -2.40. The molecule has 0 spiro atoms. The van der Waals surface area contributed by atoms with E-state index in [9.17, 15) is 8.78 Å². The van der Waals surface area contributed by atoms with Crippen LogP contribution in [0.25, 0.3) is 0 Å². The fourth-order valence-electron chi connectivity index (χ4n) is 4.72. The number of hydrogen-bond acceptors (Lipinski definition) is 3. The molecule has 6 heteroatoms. The molecule has 31 heavy (non-hydrogen) atoms. The van der Waals surface area contributed by atoms with Crippen LogP contribution >= 0.6 is 23.4 Å². The topological polar surface area (TPSA) is 21.3 Å². The largest absolute Gasteiger partial charge is 0.489 e. The molecule has 0 bridgehead atoms. The molecule has 0 saturated carbocycles. The van der Waals surface area contributed by atoms with Crippen molar-refractivity contribution >= 4 is 23.4 Å². The van der Waals surface area contributed by atoms with Gasteiger partial charge in [-0.05, 0) is 85.5 Å². The molecule has 3 aromatic carbocycles. The van der Waals surface area contributed by atoms with Crippen LogP contribution in [0.3, 0.4) is 0 Å². The van der Waals surface area contributed by atoms with Crippen molar-refractivity contribution in [2.75, 3.05) is 6.54 Å². The molecule has 1 fully saturated rings. The Labute approximate surface area is 190 Å². The third-order valence-electron chi connectivity index (χ3n) is 6.24. The molecule has 2 unspecified atom stereocenters. The highest BCUT2D eigenvalue weighted by Crippen LogP contribution is 2.54. The highest BCUT2D eigenvalue weighted by Gasteiger charge is 2.48. The zero-order valence-electron chi connectivity index (χ0n) is 16.8. The van der Waals surface area contributed by atoms with E-state index in [-0.39, 0.29) is 23.0 Å². The number of benzene rings is 3. The van der Waals surface area contributed by atoms with Crippen LogP contribution in [0.2, 0.25) is 5.02 Å². The first-order valence-electron chi connectivity index (χ1n) is 10.4. The zero-order valence-corrected chi connectivity index (χ0v) is 18.4. The SMILES string of the molecule is Fc1ccc(SC23CCNC2CCc2cc(OCc4c(F)cccc4Cl)ccc23)cc1. The minimum atomic E-state index is -0.361. The highest BCUT2D eigenvalue weighted by molar-refractivity contribution is 8.00. The molecule has 1 aliphatic carbocycles. The van der Waals surface area contributed by atoms with Crippen LogP contribution in [0.5, 0.6) is 5.75 Å². The third kappa shape index (κ3) is 3.95. The van der Waals surface area contributed by atoms with Crippen LogP contribution in [0, 0.1) is 11.6 Å². The first-order valence-corrected chi connectivity index (χ1v) is 11.6. The minimum absolute atomic E-state index is 0.0845. The summed E-state index contributed by atoms with van der Waals surface area (Å²) in [4.78, 5) is 1.07. The van der Waals surface area contributed by atoms with Gasteiger partial charge in [-0.3, -0.25) is 0 Å². The van der Waals surface area contributed by atoms with Gasteiger partial charge in [0.15, 0.2) is 0 Å². The first kappa shape index (κ1) is 20.8. The number of thioether (sulfide) groups is 1. The second-order valence-electron chi connectivity index (χ2n) is 8.05. The molecule has 5 rings (SSSR count). The molecule has 2 aliphatic rings. The zero-order chi connectivity index (χ0) is 21.4. The average Bonchev–Trinajstić information content (AvgIpc) is 3.19. The number of nitrogens with one attached hydrogen (secondary N) is 1. The van der Waals surface area contributed by atoms with Gasteiger partial charge in [0.1, 0.15) is 24.0 Å². The lowest BCUT2D eigenvalue weighted by molar-refractivity contribution is 0.299. The van der Waals surface area contributed by atoms with E-state index in [0.717, 1.165) is 30.7 Å². The Morgan fingerprint density at radius 1 is 1.10 bits per heavy atom. The van der Waals surface area contributed by atoms with Gasteiger partial charge in [-0.15, -0.1) is 11.8 Å². The molecule has 1 aliphatic heterocycles. The third-order valence-corrected chi connectivity index (χ3v) is 8.18. The van der Waals surface area contributed by atoms with Crippen molar-refractivity contribution in [2.24, 2.45) is 0 Å². The predicted molar refractivity (Wildman–Crippen MR) is 121 cm³/mol. The minimum Gasteiger partial charge on any atom is -0.489 e. The van der Waals surface area contributed by atoms with Crippen molar-refractivity contribution in [1.29, 1.82) is 0 Å². The summed E-state index contributed by atoms with van der Waals surface area (Å²) in [6, 6.07) is 17.9. The number of fused-ring (bicyclic) bond motifs is 3. The fraction of sp³-hybridized carbons (Fsp3) is 0.280. The summed E-state index contributed by atoms with van der Waals surface area (Å²) in [6.45, 7) is 1.05. The Hall–Kier alpha value is -2.08. The van der Waals surface area contributed by atoms with Crippen LogP contribution in [0.4, 0.5) is 8.78 Å². The molecule has 0 amide bonds. The quantitative estimate of drug-likeness (QED) is 0.473. The summed E-state index contributed by atoms with van der Waals surface area (Å²) in [5, 5.41) is 4.03. The average molecular weight is 458 g/mol. The van der Waals surface area contributed by atoms with Gasteiger partial charge in [0, 0.05) is 16.5 Å². The van der Waals surface area contributed by atoms with E-state index in [0.29, 0.717) is 22.4 Å². The van der Waals surface area contributed by atoms with Crippen molar-refractivity contribution < 1.29 is 13.5 Å². The normalized spacial score (nSPS) is 22.1. The summed E-state index contributed by atoms with van der Waals surface area (Å²) in [7, 11) is 0. The van der Waals surface area contributed by atoms with Crippen LogP contribution in [-0.2, 0) is 17.8 Å². The summed E-state index contributed by atoms with van der Waals surface area (Å²) in [6.07, 6.45) is 3.00. The van der Waals surface area contributed by atoms with Crippen molar-refractivity contribution in [2.45, 2.75) is 41.6 Å². The Bertz CT molecular complexity index is 1090. The Kier molecular flexibility index (Phi) is 5.67. The maximum absolute atomic E-state index is 14.1. The standard InChI is InChI=1S/C25H22ClF2NOS/c26-22-2-1-3-23(28)20(22)15-30-18-7-10-21-16(14-18)4-11-24-25(21,12-13-29-24)31-19-8-5-17(27)6-9-19/h1-3,5-10,14,24,29H,4,11-13,15H2. The van der Waals surface area contributed by atoms with Gasteiger partial charge >= 0.3 is 0 Å². The van der Waals surface area contributed by atoms with Gasteiger partial charge in [-0.1, -0.05) is 23.7 Å².